The van der Waals surface area contributed by atoms with Crippen molar-refractivity contribution < 1.29 is 9.52 Å². The largest absolute Gasteiger partial charge is 0.508 e. The fourth-order valence-electron chi connectivity index (χ4n) is 1.76. The summed E-state index contributed by atoms with van der Waals surface area (Å²) in [6, 6.07) is 8.96. The molecule has 0 unspecified atom stereocenters. The van der Waals surface area contributed by atoms with E-state index in [1.54, 1.807) is 30.8 Å². The summed E-state index contributed by atoms with van der Waals surface area (Å²) in [5.41, 5.74) is 2.67. The Morgan fingerprint density at radius 1 is 1.19 bits per heavy atom. The zero-order valence-electron chi connectivity index (χ0n) is 8.42. The second kappa shape index (κ2) is 3.38. The Labute approximate surface area is 92.0 Å². The minimum atomic E-state index is 0.208. The highest BCUT2D eigenvalue weighted by Gasteiger charge is 2.08. The zero-order chi connectivity index (χ0) is 11.0. The van der Waals surface area contributed by atoms with E-state index in [-0.39, 0.29) is 5.75 Å². The molecule has 0 aliphatic rings. The molecule has 0 fully saturated rings. The van der Waals surface area contributed by atoms with Gasteiger partial charge in [-0.2, -0.15) is 0 Å². The summed E-state index contributed by atoms with van der Waals surface area (Å²) in [7, 11) is 0. The molecule has 2 heterocycles. The monoisotopic (exact) mass is 211 g/mol. The Kier molecular flexibility index (Phi) is 1.90. The van der Waals surface area contributed by atoms with E-state index in [1.807, 2.05) is 18.2 Å². The lowest BCUT2D eigenvalue weighted by Crippen LogP contribution is -1.76. The minimum Gasteiger partial charge on any atom is -0.508 e. The van der Waals surface area contributed by atoms with E-state index in [9.17, 15) is 5.11 Å². The van der Waals surface area contributed by atoms with Crippen LogP contribution >= 0.6 is 0 Å². The Bertz CT molecular complexity index is 629. The molecule has 16 heavy (non-hydrogen) atoms. The molecule has 0 radical (unpaired) electrons. The van der Waals surface area contributed by atoms with Gasteiger partial charge in [-0.25, -0.2) is 0 Å². The first kappa shape index (κ1) is 8.97. The second-order valence-corrected chi connectivity index (χ2v) is 3.57. The molecule has 0 spiro atoms. The van der Waals surface area contributed by atoms with Crippen LogP contribution in [-0.2, 0) is 0 Å². The van der Waals surface area contributed by atoms with Gasteiger partial charge in [-0.3, -0.25) is 4.98 Å². The number of pyridine rings is 1. The van der Waals surface area contributed by atoms with Crippen LogP contribution in [0.2, 0.25) is 0 Å². The van der Waals surface area contributed by atoms with Gasteiger partial charge in [0.2, 0.25) is 0 Å². The van der Waals surface area contributed by atoms with Crippen molar-refractivity contribution in [2.45, 2.75) is 0 Å². The number of phenolic OH excluding ortho intramolecular Hbond substituents is 1. The lowest BCUT2D eigenvalue weighted by Gasteiger charge is -1.96. The number of nitrogens with zero attached hydrogens (tertiary/aromatic N) is 1. The average molecular weight is 211 g/mol. The van der Waals surface area contributed by atoms with Crippen molar-refractivity contribution >= 4 is 11.0 Å². The molecule has 3 rings (SSSR count). The third kappa shape index (κ3) is 1.34. The van der Waals surface area contributed by atoms with Gasteiger partial charge in [0.1, 0.15) is 11.3 Å². The molecular formula is C13H9NO2. The van der Waals surface area contributed by atoms with Crippen LogP contribution in [0.15, 0.2) is 53.4 Å². The molecule has 0 atom stereocenters. The molecule has 78 valence electrons. The maximum absolute atomic E-state index is 9.34. The van der Waals surface area contributed by atoms with E-state index in [4.69, 9.17) is 4.42 Å². The molecule has 0 amide bonds. The van der Waals surface area contributed by atoms with E-state index in [0.717, 1.165) is 16.5 Å². The van der Waals surface area contributed by atoms with Crippen LogP contribution < -0.4 is 0 Å². The molecule has 3 aromatic rings. The summed E-state index contributed by atoms with van der Waals surface area (Å²) in [5, 5.41) is 10.3. The summed E-state index contributed by atoms with van der Waals surface area (Å²) < 4.78 is 5.40. The van der Waals surface area contributed by atoms with Crippen molar-refractivity contribution in [3.05, 3.63) is 49.0 Å². The van der Waals surface area contributed by atoms with E-state index in [0.29, 0.717) is 5.58 Å². The van der Waals surface area contributed by atoms with Crippen LogP contribution in [-0.4, -0.2) is 10.1 Å². The number of hydrogen-bond donors (Lipinski definition) is 1. The van der Waals surface area contributed by atoms with Crippen molar-refractivity contribution in [1.29, 1.82) is 0 Å². The van der Waals surface area contributed by atoms with E-state index < -0.39 is 0 Å². The first-order valence-corrected chi connectivity index (χ1v) is 4.95. The van der Waals surface area contributed by atoms with Gasteiger partial charge >= 0.3 is 0 Å². The topological polar surface area (TPSA) is 46.3 Å². The molecule has 1 aromatic carbocycles. The SMILES string of the molecule is Oc1ccc2c(-c3cccnc3)coc2c1. The van der Waals surface area contributed by atoms with Crippen molar-refractivity contribution in [3.63, 3.8) is 0 Å². The third-order valence-corrected chi connectivity index (χ3v) is 2.53. The maximum Gasteiger partial charge on any atom is 0.138 e. The smallest absolute Gasteiger partial charge is 0.138 e. The summed E-state index contributed by atoms with van der Waals surface area (Å²) in [6.07, 6.45) is 5.20. The van der Waals surface area contributed by atoms with Crippen molar-refractivity contribution in [3.8, 4) is 16.9 Å². The summed E-state index contributed by atoms with van der Waals surface area (Å²) in [4.78, 5) is 4.07. The summed E-state index contributed by atoms with van der Waals surface area (Å²) in [6.45, 7) is 0. The third-order valence-electron chi connectivity index (χ3n) is 2.53. The number of hydrogen-bond acceptors (Lipinski definition) is 3. The van der Waals surface area contributed by atoms with Gasteiger partial charge in [0.05, 0.1) is 6.26 Å². The number of benzene rings is 1. The van der Waals surface area contributed by atoms with Gasteiger partial charge in [0.25, 0.3) is 0 Å². The van der Waals surface area contributed by atoms with Crippen molar-refractivity contribution in [2.75, 3.05) is 0 Å². The lowest BCUT2D eigenvalue weighted by atomic mass is 10.1. The highest BCUT2D eigenvalue weighted by atomic mass is 16.3. The first-order chi connectivity index (χ1) is 7.84. The van der Waals surface area contributed by atoms with Crippen LogP contribution in [0.5, 0.6) is 5.75 Å². The van der Waals surface area contributed by atoms with Gasteiger partial charge < -0.3 is 9.52 Å². The van der Waals surface area contributed by atoms with Crippen LogP contribution in [0, 0.1) is 0 Å². The van der Waals surface area contributed by atoms with Crippen LogP contribution in [0.1, 0.15) is 0 Å². The number of fused-ring (bicyclic) bond motifs is 1. The van der Waals surface area contributed by atoms with Gasteiger partial charge in [0.15, 0.2) is 0 Å². The predicted molar refractivity (Wildman–Crippen MR) is 61.1 cm³/mol. The molecule has 3 heteroatoms. The van der Waals surface area contributed by atoms with Gasteiger partial charge in [-0.15, -0.1) is 0 Å². The molecule has 3 nitrogen and oxygen atoms in total. The average Bonchev–Trinajstić information content (AvgIpc) is 2.73. The Hall–Kier alpha value is -2.29. The van der Waals surface area contributed by atoms with Crippen molar-refractivity contribution in [1.82, 2.24) is 4.98 Å². The molecule has 0 aliphatic carbocycles. The van der Waals surface area contributed by atoms with E-state index in [2.05, 4.69) is 4.98 Å². The normalized spacial score (nSPS) is 10.8. The molecule has 0 saturated heterocycles. The maximum atomic E-state index is 9.34. The fourth-order valence-corrected chi connectivity index (χ4v) is 1.76. The number of aromatic hydroxyl groups is 1. The van der Waals surface area contributed by atoms with Crippen LogP contribution in [0.3, 0.4) is 0 Å². The predicted octanol–water partition coefficient (Wildman–Crippen LogP) is 3.20. The molecule has 2 aromatic heterocycles. The number of rotatable bonds is 1. The summed E-state index contributed by atoms with van der Waals surface area (Å²) >= 11 is 0. The highest BCUT2D eigenvalue weighted by Crippen LogP contribution is 2.31. The lowest BCUT2D eigenvalue weighted by molar-refractivity contribution is 0.474. The highest BCUT2D eigenvalue weighted by molar-refractivity contribution is 5.94. The Morgan fingerprint density at radius 3 is 2.94 bits per heavy atom. The Morgan fingerprint density at radius 2 is 2.12 bits per heavy atom. The molecule has 0 saturated carbocycles. The van der Waals surface area contributed by atoms with E-state index in [1.165, 1.54) is 0 Å². The molecule has 0 bridgehead atoms. The zero-order valence-corrected chi connectivity index (χ0v) is 8.42. The van der Waals surface area contributed by atoms with Crippen LogP contribution in [0.4, 0.5) is 0 Å². The Balaban J connectivity index is 2.26. The quantitative estimate of drug-likeness (QED) is 0.672. The summed E-state index contributed by atoms with van der Waals surface area (Å²) in [5.74, 6) is 0.208. The van der Waals surface area contributed by atoms with Gasteiger partial charge in [0, 0.05) is 35.0 Å². The first-order valence-electron chi connectivity index (χ1n) is 4.95. The van der Waals surface area contributed by atoms with E-state index >= 15 is 0 Å². The fraction of sp³-hybridized carbons (Fsp3) is 0. The number of furan rings is 1. The molecule has 0 aliphatic heterocycles. The standard InChI is InChI=1S/C13H9NO2/c15-10-3-4-11-12(8-16-13(11)6-10)9-2-1-5-14-7-9/h1-8,15H. The van der Waals surface area contributed by atoms with Gasteiger partial charge in [-0.05, 0) is 18.2 Å². The number of phenols is 1. The molecule has 1 N–H and O–H groups in total. The van der Waals surface area contributed by atoms with Crippen molar-refractivity contribution in [2.24, 2.45) is 0 Å². The number of aromatic nitrogens is 1. The minimum absolute atomic E-state index is 0.208. The second-order valence-electron chi connectivity index (χ2n) is 3.57. The van der Waals surface area contributed by atoms with Crippen LogP contribution in [0.25, 0.3) is 22.1 Å². The van der Waals surface area contributed by atoms with Gasteiger partial charge in [-0.1, -0.05) is 6.07 Å². The molecular weight excluding hydrogens is 202 g/mol.